The van der Waals surface area contributed by atoms with Gasteiger partial charge in [0.25, 0.3) is 0 Å². The number of benzene rings is 1. The van der Waals surface area contributed by atoms with Crippen LogP contribution in [-0.2, 0) is 19.3 Å². The summed E-state index contributed by atoms with van der Waals surface area (Å²) in [6.07, 6.45) is 5.19. The summed E-state index contributed by atoms with van der Waals surface area (Å²) in [5.41, 5.74) is 7.04. The number of aromatic nitrogens is 3. The predicted octanol–water partition coefficient (Wildman–Crippen LogP) is 3.64. The number of anilines is 1. The van der Waals surface area contributed by atoms with Gasteiger partial charge in [-0.05, 0) is 56.4 Å². The van der Waals surface area contributed by atoms with Crippen LogP contribution in [0.2, 0.25) is 0 Å². The number of hydrogen-bond acceptors (Lipinski definition) is 5. The summed E-state index contributed by atoms with van der Waals surface area (Å²) >= 11 is 1.58. The lowest BCUT2D eigenvalue weighted by Gasteiger charge is -2.17. The lowest BCUT2D eigenvalue weighted by molar-refractivity contribution is 0.252. The minimum Gasteiger partial charge on any atom is -0.337 e. The summed E-state index contributed by atoms with van der Waals surface area (Å²) < 4.78 is 1.11. The standard InChI is InChI=1S/C19H21N5OS/c1-12-14-4-2-3-5-15(14)24-18(22-12)8-9-20-19(25)23-13-6-7-17-16(10-13)21-11-26-17/h6-7,10-11H,2-5,8-9H2,1H3,(H2,20,23,25). The Bertz CT molecular complexity index is 952. The highest BCUT2D eigenvalue weighted by molar-refractivity contribution is 7.16. The van der Waals surface area contributed by atoms with Crippen LogP contribution in [0.15, 0.2) is 23.7 Å². The number of carbonyl (C=O) groups excluding carboxylic acids is 1. The third kappa shape index (κ3) is 3.67. The van der Waals surface area contributed by atoms with Crippen molar-refractivity contribution >= 4 is 33.3 Å². The molecule has 7 heteroatoms. The Hall–Kier alpha value is -2.54. The fourth-order valence-electron chi connectivity index (χ4n) is 3.35. The first-order valence-corrected chi connectivity index (χ1v) is 9.80. The summed E-state index contributed by atoms with van der Waals surface area (Å²) in [5.74, 6) is 0.812. The summed E-state index contributed by atoms with van der Waals surface area (Å²) in [7, 11) is 0. The van der Waals surface area contributed by atoms with Crippen molar-refractivity contribution in [1.82, 2.24) is 20.3 Å². The van der Waals surface area contributed by atoms with Crippen LogP contribution in [0.4, 0.5) is 10.5 Å². The molecule has 0 aliphatic heterocycles. The van der Waals surface area contributed by atoms with E-state index in [4.69, 9.17) is 4.98 Å². The Morgan fingerprint density at radius 2 is 2.12 bits per heavy atom. The summed E-state index contributed by atoms with van der Waals surface area (Å²) in [5, 5.41) is 5.72. The molecule has 0 radical (unpaired) electrons. The van der Waals surface area contributed by atoms with E-state index in [1.807, 2.05) is 18.2 Å². The molecular formula is C19H21N5OS. The minimum absolute atomic E-state index is 0.228. The molecule has 0 unspecified atom stereocenters. The van der Waals surface area contributed by atoms with E-state index in [0.717, 1.165) is 40.3 Å². The second-order valence-corrected chi connectivity index (χ2v) is 7.41. The van der Waals surface area contributed by atoms with E-state index < -0.39 is 0 Å². The van der Waals surface area contributed by atoms with Crippen LogP contribution in [-0.4, -0.2) is 27.5 Å². The first-order chi connectivity index (χ1) is 12.7. The molecule has 2 N–H and O–H groups in total. The number of nitrogens with zero attached hydrogens (tertiary/aromatic N) is 3. The highest BCUT2D eigenvalue weighted by Gasteiger charge is 2.15. The van der Waals surface area contributed by atoms with Crippen molar-refractivity contribution in [2.45, 2.75) is 39.0 Å². The van der Waals surface area contributed by atoms with Crippen LogP contribution in [0.5, 0.6) is 0 Å². The van der Waals surface area contributed by atoms with Crippen LogP contribution in [0, 0.1) is 6.92 Å². The average molecular weight is 367 g/mol. The number of hydrogen-bond donors (Lipinski definition) is 2. The van der Waals surface area contributed by atoms with Gasteiger partial charge in [-0.25, -0.2) is 19.7 Å². The van der Waals surface area contributed by atoms with Gasteiger partial charge in [0.2, 0.25) is 0 Å². The maximum absolute atomic E-state index is 12.1. The molecule has 134 valence electrons. The Kier molecular flexibility index (Phi) is 4.79. The van der Waals surface area contributed by atoms with Crippen LogP contribution in [0.3, 0.4) is 0 Å². The monoisotopic (exact) mass is 367 g/mol. The smallest absolute Gasteiger partial charge is 0.319 e. The SMILES string of the molecule is Cc1nc(CCNC(=O)Nc2ccc3scnc3c2)nc2c1CCCC2. The molecule has 0 fully saturated rings. The van der Waals surface area contributed by atoms with Gasteiger partial charge in [0.1, 0.15) is 5.82 Å². The van der Waals surface area contributed by atoms with Crippen molar-refractivity contribution in [3.63, 3.8) is 0 Å². The molecule has 2 heterocycles. The van der Waals surface area contributed by atoms with E-state index in [1.54, 1.807) is 16.8 Å². The van der Waals surface area contributed by atoms with Gasteiger partial charge in [-0.1, -0.05) is 0 Å². The molecule has 0 atom stereocenters. The van der Waals surface area contributed by atoms with E-state index in [9.17, 15) is 4.79 Å². The minimum atomic E-state index is -0.228. The molecule has 6 nitrogen and oxygen atoms in total. The number of carbonyl (C=O) groups is 1. The first kappa shape index (κ1) is 16.9. The Labute approximate surface area is 156 Å². The predicted molar refractivity (Wildman–Crippen MR) is 104 cm³/mol. The molecule has 1 aromatic carbocycles. The molecule has 2 amide bonds. The van der Waals surface area contributed by atoms with Gasteiger partial charge < -0.3 is 10.6 Å². The van der Waals surface area contributed by atoms with E-state index in [-0.39, 0.29) is 6.03 Å². The Morgan fingerprint density at radius 1 is 1.23 bits per heavy atom. The molecule has 1 aliphatic rings. The third-order valence-corrected chi connectivity index (χ3v) is 5.47. The number of nitrogens with one attached hydrogen (secondary N) is 2. The first-order valence-electron chi connectivity index (χ1n) is 8.92. The topological polar surface area (TPSA) is 79.8 Å². The van der Waals surface area contributed by atoms with Gasteiger partial charge >= 0.3 is 6.03 Å². The second kappa shape index (κ2) is 7.37. The molecule has 0 bridgehead atoms. The van der Waals surface area contributed by atoms with Crippen LogP contribution in [0.25, 0.3) is 10.2 Å². The molecule has 2 aromatic heterocycles. The van der Waals surface area contributed by atoms with Crippen molar-refractivity contribution in [3.05, 3.63) is 46.5 Å². The highest BCUT2D eigenvalue weighted by Crippen LogP contribution is 2.22. The maximum Gasteiger partial charge on any atom is 0.319 e. The Morgan fingerprint density at radius 3 is 3.04 bits per heavy atom. The number of thiazole rings is 1. The van der Waals surface area contributed by atoms with Crippen molar-refractivity contribution in [2.75, 3.05) is 11.9 Å². The zero-order valence-corrected chi connectivity index (χ0v) is 15.5. The number of rotatable bonds is 4. The highest BCUT2D eigenvalue weighted by atomic mass is 32.1. The normalized spacial score (nSPS) is 13.4. The van der Waals surface area contributed by atoms with Crippen molar-refractivity contribution in [1.29, 1.82) is 0 Å². The fourth-order valence-corrected chi connectivity index (χ4v) is 4.01. The number of aryl methyl sites for hydroxylation is 2. The van der Waals surface area contributed by atoms with E-state index in [0.29, 0.717) is 13.0 Å². The van der Waals surface area contributed by atoms with Crippen LogP contribution >= 0.6 is 11.3 Å². The number of fused-ring (bicyclic) bond motifs is 2. The van der Waals surface area contributed by atoms with Gasteiger partial charge in [0.15, 0.2) is 0 Å². The van der Waals surface area contributed by atoms with Gasteiger partial charge in [0.05, 0.1) is 15.7 Å². The maximum atomic E-state index is 12.1. The average Bonchev–Trinajstić information content (AvgIpc) is 3.09. The van der Waals surface area contributed by atoms with Crippen molar-refractivity contribution < 1.29 is 4.79 Å². The molecule has 0 spiro atoms. The van der Waals surface area contributed by atoms with Gasteiger partial charge in [-0.2, -0.15) is 0 Å². The van der Waals surface area contributed by atoms with Crippen LogP contribution in [0.1, 0.15) is 35.6 Å². The molecule has 26 heavy (non-hydrogen) atoms. The molecular weight excluding hydrogens is 346 g/mol. The third-order valence-electron chi connectivity index (χ3n) is 4.66. The summed E-state index contributed by atoms with van der Waals surface area (Å²) in [6, 6.07) is 5.50. The summed E-state index contributed by atoms with van der Waals surface area (Å²) in [4.78, 5) is 25.7. The lowest BCUT2D eigenvalue weighted by atomic mass is 9.95. The van der Waals surface area contributed by atoms with Crippen molar-refractivity contribution in [3.8, 4) is 0 Å². The quantitative estimate of drug-likeness (QED) is 0.738. The van der Waals surface area contributed by atoms with Gasteiger partial charge in [-0.15, -0.1) is 11.3 Å². The summed E-state index contributed by atoms with van der Waals surface area (Å²) in [6.45, 7) is 2.56. The zero-order valence-electron chi connectivity index (χ0n) is 14.7. The largest absolute Gasteiger partial charge is 0.337 e. The zero-order chi connectivity index (χ0) is 17.9. The fraction of sp³-hybridized carbons (Fsp3) is 0.368. The molecule has 0 saturated heterocycles. The number of urea groups is 1. The molecule has 0 saturated carbocycles. The lowest BCUT2D eigenvalue weighted by Crippen LogP contribution is -2.31. The molecule has 4 rings (SSSR count). The van der Waals surface area contributed by atoms with Gasteiger partial charge in [-0.3, -0.25) is 0 Å². The number of amides is 2. The van der Waals surface area contributed by atoms with Gasteiger partial charge in [0, 0.05) is 30.0 Å². The molecule has 3 aromatic rings. The Balaban J connectivity index is 1.32. The van der Waals surface area contributed by atoms with E-state index >= 15 is 0 Å². The van der Waals surface area contributed by atoms with Crippen LogP contribution < -0.4 is 10.6 Å². The van der Waals surface area contributed by atoms with Crippen molar-refractivity contribution in [2.24, 2.45) is 0 Å². The molecule has 1 aliphatic carbocycles. The van der Waals surface area contributed by atoms with E-state index in [2.05, 4.69) is 27.5 Å². The van der Waals surface area contributed by atoms with E-state index in [1.165, 1.54) is 24.1 Å². The second-order valence-electron chi connectivity index (χ2n) is 6.52.